The first-order valence-electron chi connectivity index (χ1n) is 21.5. The molecule has 0 radical (unpaired) electrons. The number of anilines is 2. The molecule has 0 spiro atoms. The number of nitrogens with one attached hydrogen (secondary N) is 4. The Morgan fingerprint density at radius 1 is 0.697 bits per heavy atom. The number of benzene rings is 3. The van der Waals surface area contributed by atoms with Gasteiger partial charge in [-0.25, -0.2) is 9.97 Å². The predicted octanol–water partition coefficient (Wildman–Crippen LogP) is 4.66. The molecule has 2 aliphatic heterocycles. The van der Waals surface area contributed by atoms with Crippen LogP contribution in [0.25, 0.3) is 11.0 Å². The number of aromatic amines is 1. The fourth-order valence-electron chi connectivity index (χ4n) is 7.15. The van der Waals surface area contributed by atoms with E-state index in [4.69, 9.17) is 44.8 Å². The third kappa shape index (κ3) is 12.5. The number of para-hydroxylation sites is 1. The second-order valence-electron chi connectivity index (χ2n) is 14.7. The van der Waals surface area contributed by atoms with Crippen molar-refractivity contribution < 1.29 is 57.1 Å². The molecule has 4 amide bonds. The molecule has 0 bridgehead atoms. The minimum Gasteiger partial charge on any atom is -0.457 e. The number of ether oxygens (including phenoxy) is 7. The summed E-state index contributed by atoms with van der Waals surface area (Å²) in [5, 5.41) is 9.37. The highest BCUT2D eigenvalue weighted by Crippen LogP contribution is 2.33. The fraction of sp³-hybridized carbons (Fsp3) is 0.370. The Labute approximate surface area is 384 Å². The molecule has 3 aromatic carbocycles. The van der Waals surface area contributed by atoms with Crippen molar-refractivity contribution >= 4 is 63.6 Å². The number of halogens is 1. The largest absolute Gasteiger partial charge is 0.457 e. The van der Waals surface area contributed by atoms with Crippen molar-refractivity contribution in [2.24, 2.45) is 0 Å². The Balaban J connectivity index is 0.669. The van der Waals surface area contributed by atoms with E-state index in [0.29, 0.717) is 138 Å². The number of carbonyl (C=O) groups excluding carboxylic acids is 5. The lowest BCUT2D eigenvalue weighted by Crippen LogP contribution is -2.54. The molecule has 1 unspecified atom stereocenters. The van der Waals surface area contributed by atoms with Gasteiger partial charge in [-0.1, -0.05) is 35.9 Å². The molecule has 66 heavy (non-hydrogen) atoms. The summed E-state index contributed by atoms with van der Waals surface area (Å²) in [6.07, 6.45) is 3.16. The third-order valence-corrected chi connectivity index (χ3v) is 10.6. The van der Waals surface area contributed by atoms with E-state index in [9.17, 15) is 24.0 Å². The van der Waals surface area contributed by atoms with Gasteiger partial charge in [0.25, 0.3) is 11.8 Å². The van der Waals surface area contributed by atoms with Gasteiger partial charge in [0.1, 0.15) is 35.3 Å². The van der Waals surface area contributed by atoms with E-state index >= 15 is 0 Å². The number of nitrogens with zero attached hydrogens (tertiary/aromatic N) is 3. The van der Waals surface area contributed by atoms with Crippen molar-refractivity contribution in [3.05, 3.63) is 107 Å². The molecular weight excluding hydrogens is 878 g/mol. The molecule has 0 saturated carbocycles. The Hall–Kier alpha value is -6.32. The average Bonchev–Trinajstić information content (AvgIpc) is 3.87. The van der Waals surface area contributed by atoms with E-state index in [1.54, 1.807) is 42.6 Å². The van der Waals surface area contributed by atoms with Crippen LogP contribution in [-0.2, 0) is 38.0 Å². The van der Waals surface area contributed by atoms with Crippen LogP contribution in [0.4, 0.5) is 11.5 Å². The second kappa shape index (κ2) is 24.3. The Kier molecular flexibility index (Phi) is 17.5. The summed E-state index contributed by atoms with van der Waals surface area (Å²) in [5.41, 5.74) is 2.09. The number of hydrogen-bond donors (Lipinski definition) is 4. The average molecular weight is 928 g/mol. The number of fused-ring (bicyclic) bond motifs is 2. The predicted molar refractivity (Wildman–Crippen MR) is 240 cm³/mol. The highest BCUT2D eigenvalue weighted by atomic mass is 35.5. The summed E-state index contributed by atoms with van der Waals surface area (Å²) in [7, 11) is 0. The van der Waals surface area contributed by atoms with Crippen LogP contribution in [0.15, 0.2) is 79.3 Å². The Morgan fingerprint density at radius 2 is 1.33 bits per heavy atom. The van der Waals surface area contributed by atoms with E-state index in [-0.39, 0.29) is 34.8 Å². The number of piperidine rings is 1. The van der Waals surface area contributed by atoms with Gasteiger partial charge >= 0.3 is 0 Å². The lowest BCUT2D eigenvalue weighted by Gasteiger charge is -2.27. The number of rotatable bonds is 28. The zero-order valence-electron chi connectivity index (χ0n) is 36.0. The Bertz CT molecular complexity index is 2470. The molecule has 4 N–H and O–H groups in total. The zero-order valence-corrected chi connectivity index (χ0v) is 36.8. The molecule has 7 rings (SSSR count). The van der Waals surface area contributed by atoms with Gasteiger partial charge in [0, 0.05) is 43.0 Å². The first-order valence-corrected chi connectivity index (χ1v) is 21.9. The maximum absolute atomic E-state index is 13.6. The van der Waals surface area contributed by atoms with Gasteiger partial charge in [0.15, 0.2) is 5.78 Å². The number of imide groups is 2. The van der Waals surface area contributed by atoms with Crippen molar-refractivity contribution in [2.75, 3.05) is 103 Å². The normalized spacial score (nSPS) is 14.7. The lowest BCUT2D eigenvalue weighted by molar-refractivity contribution is -0.136. The number of amides is 4. The van der Waals surface area contributed by atoms with Crippen LogP contribution in [0.3, 0.4) is 0 Å². The van der Waals surface area contributed by atoms with Crippen molar-refractivity contribution in [1.82, 2.24) is 25.2 Å². The van der Waals surface area contributed by atoms with E-state index in [0.717, 1.165) is 4.90 Å². The van der Waals surface area contributed by atoms with Crippen LogP contribution in [-0.4, -0.2) is 148 Å². The van der Waals surface area contributed by atoms with Crippen LogP contribution in [0.1, 0.15) is 49.5 Å². The summed E-state index contributed by atoms with van der Waals surface area (Å²) in [4.78, 5) is 76.3. The quantitative estimate of drug-likeness (QED) is 0.0304. The molecule has 2 aliphatic rings. The van der Waals surface area contributed by atoms with Gasteiger partial charge in [-0.2, -0.15) is 0 Å². The minimum atomic E-state index is -1.02. The van der Waals surface area contributed by atoms with Crippen molar-refractivity contribution in [1.29, 1.82) is 0 Å². The number of hydrogen-bond acceptors (Lipinski definition) is 16. The summed E-state index contributed by atoms with van der Waals surface area (Å²) in [6, 6.07) is 18.1. The zero-order chi connectivity index (χ0) is 46.1. The molecule has 348 valence electrons. The van der Waals surface area contributed by atoms with Crippen molar-refractivity contribution in [3.63, 3.8) is 0 Å². The summed E-state index contributed by atoms with van der Waals surface area (Å²) >= 11 is 6.54. The topological polar surface area (TPSA) is 231 Å². The molecule has 0 aliphatic carbocycles. The van der Waals surface area contributed by atoms with Gasteiger partial charge in [0.2, 0.25) is 11.8 Å². The number of aromatic nitrogens is 3. The molecule has 1 atom stereocenters. The first-order chi connectivity index (χ1) is 32.3. The highest BCUT2D eigenvalue weighted by Gasteiger charge is 2.45. The standard InChI is InChI=1S/C46H50ClN7O12/c47-35-27-31(66-30-5-2-1-3-6-30)9-10-32(35)41(56)34-28-50-43-40(34)42(51-29-52-43)49-14-16-61-18-20-63-22-24-65-26-25-64-23-21-62-19-17-60-15-13-48-36-8-4-7-33-39(36)46(59)54(45(33)58)37-11-12-38(55)53-44(37)57/h1-10,27-29,37,48H,11-26H2,(H,53,55,57)(H2,49,50,51,52). The van der Waals surface area contributed by atoms with Gasteiger partial charge in [0.05, 0.1) is 106 Å². The van der Waals surface area contributed by atoms with Gasteiger partial charge in [-0.3, -0.25) is 34.2 Å². The number of ketones is 1. The molecule has 4 heterocycles. The Morgan fingerprint density at radius 3 is 1.97 bits per heavy atom. The molecule has 2 aromatic heterocycles. The van der Waals surface area contributed by atoms with E-state index in [1.165, 1.54) is 6.33 Å². The first kappa shape index (κ1) is 47.6. The van der Waals surface area contributed by atoms with Crippen LogP contribution in [0, 0.1) is 0 Å². The lowest BCUT2D eigenvalue weighted by atomic mass is 10.0. The van der Waals surface area contributed by atoms with Gasteiger partial charge in [-0.15, -0.1) is 0 Å². The van der Waals surface area contributed by atoms with Gasteiger partial charge in [-0.05, 0) is 42.8 Å². The summed E-state index contributed by atoms with van der Waals surface area (Å²) in [5.74, 6) is -0.824. The maximum Gasteiger partial charge on any atom is 0.264 e. The smallest absolute Gasteiger partial charge is 0.264 e. The van der Waals surface area contributed by atoms with Crippen LogP contribution in [0.2, 0.25) is 5.02 Å². The fourth-order valence-corrected chi connectivity index (χ4v) is 7.41. The summed E-state index contributed by atoms with van der Waals surface area (Å²) in [6.45, 7) is 5.44. The number of carbonyl (C=O) groups is 5. The summed E-state index contributed by atoms with van der Waals surface area (Å²) < 4.78 is 39.4. The van der Waals surface area contributed by atoms with Crippen molar-refractivity contribution in [3.8, 4) is 11.5 Å². The second-order valence-corrected chi connectivity index (χ2v) is 15.1. The van der Waals surface area contributed by atoms with Crippen LogP contribution < -0.4 is 20.7 Å². The van der Waals surface area contributed by atoms with E-state index in [2.05, 4.69) is 30.9 Å². The molecule has 19 nitrogen and oxygen atoms in total. The van der Waals surface area contributed by atoms with Crippen LogP contribution >= 0.6 is 11.6 Å². The molecular formula is C46H50ClN7O12. The highest BCUT2D eigenvalue weighted by molar-refractivity contribution is 6.36. The van der Waals surface area contributed by atoms with Crippen molar-refractivity contribution in [2.45, 2.75) is 18.9 Å². The van der Waals surface area contributed by atoms with Gasteiger partial charge < -0.3 is 48.8 Å². The number of H-pyrrole nitrogens is 1. The minimum absolute atomic E-state index is 0.0564. The van der Waals surface area contributed by atoms with E-state index in [1.807, 2.05) is 30.3 Å². The SMILES string of the molecule is O=C1CCC(N2C(=O)c3cccc(NCCOCCOCCOCCOCCOCCOCCNc4ncnc5[nH]cc(C(=O)c6ccc(Oc7ccccc7)cc6Cl)c45)c3C2=O)C(=O)N1. The van der Waals surface area contributed by atoms with E-state index < -0.39 is 29.7 Å². The molecule has 20 heteroatoms. The molecule has 5 aromatic rings. The van der Waals surface area contributed by atoms with Crippen LogP contribution in [0.5, 0.6) is 11.5 Å². The maximum atomic E-state index is 13.6. The molecule has 1 fully saturated rings. The third-order valence-electron chi connectivity index (χ3n) is 10.3. The molecule has 1 saturated heterocycles. The monoisotopic (exact) mass is 927 g/mol.